The molecule has 0 spiro atoms. The zero-order chi connectivity index (χ0) is 19.5. The Hall–Kier alpha value is -3.24. The van der Waals surface area contributed by atoms with Crippen LogP contribution in [0.4, 0.5) is 5.69 Å². The van der Waals surface area contributed by atoms with Gasteiger partial charge in [0.1, 0.15) is 5.82 Å². The Morgan fingerprint density at radius 1 is 1.21 bits per heavy atom. The summed E-state index contributed by atoms with van der Waals surface area (Å²) in [5.41, 5.74) is 2.06. The Labute approximate surface area is 163 Å². The monoisotopic (exact) mass is 374 g/mol. The van der Waals surface area contributed by atoms with Gasteiger partial charge in [0.2, 0.25) is 5.91 Å². The molecule has 0 bridgehead atoms. The number of nitrogens with zero attached hydrogens (tertiary/aromatic N) is 5. The fraction of sp³-hybridized carbons (Fsp3) is 0.333. The lowest BCUT2D eigenvalue weighted by atomic mass is 9.95. The topological polar surface area (TPSA) is 86.3 Å². The molecule has 1 saturated heterocycles. The highest BCUT2D eigenvalue weighted by Crippen LogP contribution is 2.28. The summed E-state index contributed by atoms with van der Waals surface area (Å²) >= 11 is 0. The molecule has 1 amide bonds. The number of aromatic nitrogens is 3. The standard InChI is InChI=1S/C21H22N6O/c1-15(21(28)23-18-6-4-5-16(13-18)14-22)26-11-8-17(9-12-26)20-25-24-19-7-2-3-10-27(19)20/h2-7,10,13,15,17H,8-9,11-12H2,1H3,(H,23,28)/t15-/m1/s1. The second-order valence-electron chi connectivity index (χ2n) is 7.16. The molecule has 1 aliphatic rings. The van der Waals surface area contributed by atoms with E-state index in [0.717, 1.165) is 37.4 Å². The normalized spacial score (nSPS) is 16.6. The summed E-state index contributed by atoms with van der Waals surface area (Å²) in [6.07, 6.45) is 3.89. The molecule has 3 aromatic rings. The Morgan fingerprint density at radius 3 is 2.82 bits per heavy atom. The number of amides is 1. The van der Waals surface area contributed by atoms with Crippen LogP contribution in [-0.2, 0) is 4.79 Å². The minimum Gasteiger partial charge on any atom is -0.325 e. The molecule has 4 rings (SSSR count). The number of pyridine rings is 1. The minimum absolute atomic E-state index is 0.0542. The Bertz CT molecular complexity index is 1030. The predicted octanol–water partition coefficient (Wildman–Crippen LogP) is 2.81. The molecule has 142 valence electrons. The predicted molar refractivity (Wildman–Crippen MR) is 106 cm³/mol. The van der Waals surface area contributed by atoms with Crippen molar-refractivity contribution in [2.75, 3.05) is 18.4 Å². The lowest BCUT2D eigenvalue weighted by molar-refractivity contribution is -0.121. The number of carbonyl (C=O) groups excluding carboxylic acids is 1. The molecule has 3 heterocycles. The number of benzene rings is 1. The van der Waals surface area contributed by atoms with E-state index >= 15 is 0 Å². The SMILES string of the molecule is C[C@H](C(=O)Nc1cccc(C#N)c1)N1CCC(c2nnc3ccccn23)CC1. The van der Waals surface area contributed by atoms with Crippen molar-refractivity contribution < 1.29 is 4.79 Å². The van der Waals surface area contributed by atoms with E-state index in [1.165, 1.54) is 0 Å². The first-order chi connectivity index (χ1) is 13.7. The lowest BCUT2D eigenvalue weighted by Crippen LogP contribution is -2.45. The van der Waals surface area contributed by atoms with Crippen LogP contribution in [-0.4, -0.2) is 44.5 Å². The maximum absolute atomic E-state index is 12.6. The summed E-state index contributed by atoms with van der Waals surface area (Å²) < 4.78 is 2.05. The average molecular weight is 374 g/mol. The van der Waals surface area contributed by atoms with E-state index in [0.29, 0.717) is 17.2 Å². The van der Waals surface area contributed by atoms with Gasteiger partial charge in [-0.15, -0.1) is 10.2 Å². The van der Waals surface area contributed by atoms with Gasteiger partial charge in [-0.05, 0) is 63.2 Å². The molecule has 1 fully saturated rings. The van der Waals surface area contributed by atoms with Crippen molar-refractivity contribution in [1.82, 2.24) is 19.5 Å². The lowest BCUT2D eigenvalue weighted by Gasteiger charge is -2.34. The summed E-state index contributed by atoms with van der Waals surface area (Å²) in [6, 6.07) is 14.7. The molecule has 2 aromatic heterocycles. The zero-order valence-corrected chi connectivity index (χ0v) is 15.7. The van der Waals surface area contributed by atoms with Crippen LogP contribution in [0.2, 0.25) is 0 Å². The molecule has 0 unspecified atom stereocenters. The molecule has 28 heavy (non-hydrogen) atoms. The Balaban J connectivity index is 1.37. The minimum atomic E-state index is -0.234. The molecule has 1 aromatic carbocycles. The van der Waals surface area contributed by atoms with Gasteiger partial charge in [0.25, 0.3) is 0 Å². The van der Waals surface area contributed by atoms with E-state index < -0.39 is 0 Å². The van der Waals surface area contributed by atoms with Crippen LogP contribution in [0.15, 0.2) is 48.7 Å². The number of carbonyl (C=O) groups is 1. The van der Waals surface area contributed by atoms with E-state index in [4.69, 9.17) is 5.26 Å². The fourth-order valence-corrected chi connectivity index (χ4v) is 3.76. The van der Waals surface area contributed by atoms with Crippen LogP contribution < -0.4 is 5.32 Å². The molecule has 7 nitrogen and oxygen atoms in total. The van der Waals surface area contributed by atoms with Crippen molar-refractivity contribution in [3.05, 3.63) is 60.0 Å². The number of nitriles is 1. The van der Waals surface area contributed by atoms with Crippen molar-refractivity contribution in [2.45, 2.75) is 31.7 Å². The van der Waals surface area contributed by atoms with Gasteiger partial charge in [-0.2, -0.15) is 5.26 Å². The molecule has 1 atom stereocenters. The Morgan fingerprint density at radius 2 is 2.04 bits per heavy atom. The first-order valence-electron chi connectivity index (χ1n) is 9.50. The highest BCUT2D eigenvalue weighted by Gasteiger charge is 2.29. The van der Waals surface area contributed by atoms with Crippen LogP contribution in [0, 0.1) is 11.3 Å². The third-order valence-corrected chi connectivity index (χ3v) is 5.42. The van der Waals surface area contributed by atoms with E-state index in [-0.39, 0.29) is 11.9 Å². The molecule has 1 aliphatic heterocycles. The molecule has 0 radical (unpaired) electrons. The van der Waals surface area contributed by atoms with Crippen molar-refractivity contribution in [1.29, 1.82) is 5.26 Å². The summed E-state index contributed by atoms with van der Waals surface area (Å²) in [5, 5.41) is 20.5. The third-order valence-electron chi connectivity index (χ3n) is 5.42. The van der Waals surface area contributed by atoms with Gasteiger partial charge >= 0.3 is 0 Å². The van der Waals surface area contributed by atoms with Gasteiger partial charge in [0.05, 0.1) is 17.7 Å². The summed E-state index contributed by atoms with van der Waals surface area (Å²) in [4.78, 5) is 14.8. The molecular formula is C21H22N6O. The van der Waals surface area contributed by atoms with Crippen molar-refractivity contribution in [2.24, 2.45) is 0 Å². The maximum Gasteiger partial charge on any atom is 0.241 e. The van der Waals surface area contributed by atoms with Gasteiger partial charge in [-0.25, -0.2) is 0 Å². The first kappa shape index (κ1) is 18.1. The fourth-order valence-electron chi connectivity index (χ4n) is 3.76. The number of fused-ring (bicyclic) bond motifs is 1. The van der Waals surface area contributed by atoms with Crippen LogP contribution in [0.25, 0.3) is 5.65 Å². The molecule has 1 N–H and O–H groups in total. The largest absolute Gasteiger partial charge is 0.325 e. The molecule has 0 aliphatic carbocycles. The second-order valence-corrected chi connectivity index (χ2v) is 7.16. The average Bonchev–Trinajstić information content (AvgIpc) is 3.17. The maximum atomic E-state index is 12.6. The van der Waals surface area contributed by atoms with Gasteiger partial charge in [0.15, 0.2) is 5.65 Å². The zero-order valence-electron chi connectivity index (χ0n) is 15.7. The summed E-state index contributed by atoms with van der Waals surface area (Å²) in [6.45, 7) is 3.59. The first-order valence-corrected chi connectivity index (χ1v) is 9.50. The van der Waals surface area contributed by atoms with E-state index in [9.17, 15) is 4.79 Å². The number of nitrogens with one attached hydrogen (secondary N) is 1. The summed E-state index contributed by atoms with van der Waals surface area (Å²) in [5.74, 6) is 1.29. The van der Waals surface area contributed by atoms with Crippen molar-refractivity contribution in [3.63, 3.8) is 0 Å². The van der Waals surface area contributed by atoms with E-state index in [1.54, 1.807) is 24.3 Å². The second kappa shape index (κ2) is 7.79. The highest BCUT2D eigenvalue weighted by molar-refractivity contribution is 5.94. The third kappa shape index (κ3) is 3.59. The highest BCUT2D eigenvalue weighted by atomic mass is 16.2. The number of likely N-dealkylation sites (tertiary alicyclic amines) is 1. The van der Waals surface area contributed by atoms with Crippen LogP contribution >= 0.6 is 0 Å². The van der Waals surface area contributed by atoms with E-state index in [2.05, 4.69) is 30.9 Å². The molecule has 0 saturated carbocycles. The number of anilines is 1. The summed E-state index contributed by atoms with van der Waals surface area (Å²) in [7, 11) is 0. The smallest absolute Gasteiger partial charge is 0.241 e. The molecular weight excluding hydrogens is 352 g/mol. The van der Waals surface area contributed by atoms with Gasteiger partial charge < -0.3 is 5.32 Å². The number of rotatable bonds is 4. The van der Waals surface area contributed by atoms with Gasteiger partial charge in [-0.3, -0.25) is 14.1 Å². The van der Waals surface area contributed by atoms with Gasteiger partial charge in [-0.1, -0.05) is 12.1 Å². The Kier molecular flexibility index (Phi) is 5.04. The van der Waals surface area contributed by atoms with Crippen LogP contribution in [0.3, 0.4) is 0 Å². The van der Waals surface area contributed by atoms with Gasteiger partial charge in [0, 0.05) is 17.8 Å². The van der Waals surface area contributed by atoms with Crippen LogP contribution in [0.1, 0.15) is 37.1 Å². The number of hydrogen-bond acceptors (Lipinski definition) is 5. The van der Waals surface area contributed by atoms with Crippen LogP contribution in [0.5, 0.6) is 0 Å². The number of hydrogen-bond donors (Lipinski definition) is 1. The quantitative estimate of drug-likeness (QED) is 0.759. The van der Waals surface area contributed by atoms with Crippen molar-refractivity contribution in [3.8, 4) is 6.07 Å². The van der Waals surface area contributed by atoms with Crippen molar-refractivity contribution >= 4 is 17.2 Å². The number of piperidine rings is 1. The van der Waals surface area contributed by atoms with E-state index in [1.807, 2.05) is 31.3 Å². The molecule has 7 heteroatoms.